The van der Waals surface area contributed by atoms with Gasteiger partial charge in [-0.05, 0) is 61.9 Å². The molecule has 0 atom stereocenters. The maximum Gasteiger partial charge on any atom is 0.213 e. The van der Waals surface area contributed by atoms with Crippen LogP contribution in [0.25, 0.3) is 16.8 Å². The molecule has 1 aliphatic heterocycles. The van der Waals surface area contributed by atoms with E-state index in [2.05, 4.69) is 135 Å². The number of anilines is 3. The van der Waals surface area contributed by atoms with E-state index in [0.717, 1.165) is 29.9 Å². The third-order valence-corrected chi connectivity index (χ3v) is 7.50. The molecule has 3 aromatic carbocycles. The van der Waals surface area contributed by atoms with Crippen LogP contribution in [0, 0.1) is 13.8 Å². The van der Waals surface area contributed by atoms with Crippen molar-refractivity contribution in [2.24, 2.45) is 0 Å². The Balaban J connectivity index is 1.72. The first-order valence-corrected chi connectivity index (χ1v) is 12.3. The number of hydrogen-bond donors (Lipinski definition) is 0. The molecular formula is C32H33N2+. The summed E-state index contributed by atoms with van der Waals surface area (Å²) in [5.74, 6) is 0. The van der Waals surface area contributed by atoms with Crippen molar-refractivity contribution in [3.05, 3.63) is 114 Å². The van der Waals surface area contributed by atoms with E-state index in [1.165, 1.54) is 33.5 Å². The molecule has 2 heterocycles. The molecule has 0 bridgehead atoms. The van der Waals surface area contributed by atoms with Crippen LogP contribution in [-0.2, 0) is 5.54 Å². The van der Waals surface area contributed by atoms with E-state index >= 15 is 0 Å². The summed E-state index contributed by atoms with van der Waals surface area (Å²) in [5.41, 5.74) is 10.8. The zero-order chi connectivity index (χ0) is 23.9. The highest BCUT2D eigenvalue weighted by molar-refractivity contribution is 5.87. The highest BCUT2D eigenvalue weighted by atomic mass is 15.1. The Labute approximate surface area is 203 Å². The van der Waals surface area contributed by atoms with Crippen molar-refractivity contribution in [3.63, 3.8) is 0 Å². The second-order valence-corrected chi connectivity index (χ2v) is 9.41. The van der Waals surface area contributed by atoms with Crippen LogP contribution in [0.2, 0.25) is 0 Å². The first-order chi connectivity index (χ1) is 16.5. The molecule has 4 aromatic rings. The number of hydrogen-bond acceptors (Lipinski definition) is 1. The second-order valence-electron chi connectivity index (χ2n) is 9.41. The minimum atomic E-state index is -0.0846. The Bertz CT molecular complexity index is 1300. The lowest BCUT2D eigenvalue weighted by Crippen LogP contribution is -2.59. The zero-order valence-corrected chi connectivity index (χ0v) is 20.7. The normalized spacial score (nSPS) is 13.8. The largest absolute Gasteiger partial charge is 0.310 e. The van der Waals surface area contributed by atoms with Gasteiger partial charge in [0.15, 0.2) is 11.7 Å². The van der Waals surface area contributed by atoms with Crippen molar-refractivity contribution >= 4 is 22.6 Å². The lowest BCUT2D eigenvalue weighted by molar-refractivity contribution is -0.741. The van der Waals surface area contributed by atoms with Crippen LogP contribution in [0.3, 0.4) is 0 Å². The molecule has 1 aromatic heterocycles. The molecular weight excluding hydrogens is 412 g/mol. The molecule has 0 spiro atoms. The van der Waals surface area contributed by atoms with Crippen molar-refractivity contribution in [2.75, 3.05) is 4.90 Å². The van der Waals surface area contributed by atoms with Crippen LogP contribution in [0.15, 0.2) is 97.7 Å². The standard InChI is InChI=1S/C32H33N2/c1-6-32(7-2)25(5)29-20-19-28(22-30(29)31-10-8-9-21-33(31)32)34(26-15-11-23(3)12-16-26)27-17-13-24(4)14-18-27/h8-22H,5-7H2,1-4H3/q+1. The van der Waals surface area contributed by atoms with Gasteiger partial charge in [0.2, 0.25) is 5.69 Å². The summed E-state index contributed by atoms with van der Waals surface area (Å²) < 4.78 is 2.45. The SMILES string of the molecule is C=C1c2ccc(N(c3ccc(C)cc3)c3ccc(C)cc3)cc2-c2cccc[n+]2C1(CC)CC. The van der Waals surface area contributed by atoms with Crippen molar-refractivity contribution < 1.29 is 4.57 Å². The van der Waals surface area contributed by atoms with Gasteiger partial charge in [0.05, 0.1) is 5.56 Å². The molecule has 1 aliphatic rings. The Morgan fingerprint density at radius 1 is 0.706 bits per heavy atom. The van der Waals surface area contributed by atoms with Crippen LogP contribution in [-0.4, -0.2) is 0 Å². The minimum Gasteiger partial charge on any atom is -0.310 e. The average Bonchev–Trinajstić information content (AvgIpc) is 2.87. The Kier molecular flexibility index (Phi) is 5.61. The molecule has 0 saturated heterocycles. The van der Waals surface area contributed by atoms with Gasteiger partial charge in [0, 0.05) is 47.6 Å². The highest BCUT2D eigenvalue weighted by Gasteiger charge is 2.46. The van der Waals surface area contributed by atoms with Gasteiger partial charge in [-0.3, -0.25) is 0 Å². The fourth-order valence-corrected chi connectivity index (χ4v) is 5.43. The van der Waals surface area contributed by atoms with Gasteiger partial charge < -0.3 is 4.90 Å². The van der Waals surface area contributed by atoms with Gasteiger partial charge in [0.1, 0.15) is 0 Å². The third kappa shape index (κ3) is 3.45. The quantitative estimate of drug-likeness (QED) is 0.280. The fourth-order valence-electron chi connectivity index (χ4n) is 5.43. The van der Waals surface area contributed by atoms with E-state index in [0.29, 0.717) is 0 Å². The maximum absolute atomic E-state index is 4.63. The Morgan fingerprint density at radius 3 is 1.82 bits per heavy atom. The van der Waals surface area contributed by atoms with Gasteiger partial charge in [0.25, 0.3) is 0 Å². The van der Waals surface area contributed by atoms with Crippen molar-refractivity contribution in [1.29, 1.82) is 0 Å². The van der Waals surface area contributed by atoms with Gasteiger partial charge in [-0.1, -0.05) is 61.9 Å². The number of allylic oxidation sites excluding steroid dienone is 1. The summed E-state index contributed by atoms with van der Waals surface area (Å²) in [5, 5.41) is 0. The lowest BCUT2D eigenvalue weighted by atomic mass is 9.75. The third-order valence-electron chi connectivity index (χ3n) is 7.50. The van der Waals surface area contributed by atoms with Crippen LogP contribution in [0.1, 0.15) is 43.4 Å². The predicted molar refractivity (Wildman–Crippen MR) is 144 cm³/mol. The number of fused-ring (bicyclic) bond motifs is 3. The maximum atomic E-state index is 4.63. The van der Waals surface area contributed by atoms with Crippen molar-refractivity contribution in [2.45, 2.75) is 46.1 Å². The molecule has 0 N–H and O–H groups in total. The summed E-state index contributed by atoms with van der Waals surface area (Å²) in [6, 6.07) is 30.9. The Hall–Kier alpha value is -3.65. The number of pyridine rings is 1. The van der Waals surface area contributed by atoms with E-state index in [1.807, 2.05) is 0 Å². The number of aryl methyl sites for hydroxylation is 2. The number of aromatic nitrogens is 1. The van der Waals surface area contributed by atoms with Gasteiger partial charge in [-0.15, -0.1) is 0 Å². The van der Waals surface area contributed by atoms with Crippen LogP contribution >= 0.6 is 0 Å². The number of nitrogens with zero attached hydrogens (tertiary/aromatic N) is 2. The van der Waals surface area contributed by atoms with Crippen molar-refractivity contribution in [3.8, 4) is 11.3 Å². The first-order valence-electron chi connectivity index (χ1n) is 12.3. The van der Waals surface area contributed by atoms with Gasteiger partial charge in [-0.2, -0.15) is 4.57 Å². The van der Waals surface area contributed by atoms with Crippen molar-refractivity contribution in [1.82, 2.24) is 0 Å². The minimum absolute atomic E-state index is 0.0846. The summed E-state index contributed by atoms with van der Waals surface area (Å²) in [6.45, 7) is 13.4. The molecule has 0 fully saturated rings. The van der Waals surface area contributed by atoms with Gasteiger partial charge in [-0.25, -0.2) is 0 Å². The van der Waals surface area contributed by atoms with Gasteiger partial charge >= 0.3 is 0 Å². The van der Waals surface area contributed by atoms with E-state index < -0.39 is 0 Å². The summed E-state index contributed by atoms with van der Waals surface area (Å²) in [6.07, 6.45) is 4.26. The number of rotatable bonds is 5. The van der Waals surface area contributed by atoms with E-state index in [-0.39, 0.29) is 5.54 Å². The van der Waals surface area contributed by atoms with Crippen LogP contribution < -0.4 is 9.47 Å². The first kappa shape index (κ1) is 22.2. The number of benzene rings is 3. The zero-order valence-electron chi connectivity index (χ0n) is 20.7. The fraction of sp³-hybridized carbons (Fsp3) is 0.219. The highest BCUT2D eigenvalue weighted by Crippen LogP contribution is 2.46. The molecule has 5 rings (SSSR count). The molecule has 34 heavy (non-hydrogen) atoms. The van der Waals surface area contributed by atoms with E-state index in [9.17, 15) is 0 Å². The molecule has 0 unspecified atom stereocenters. The van der Waals surface area contributed by atoms with Crippen LogP contribution in [0.4, 0.5) is 17.1 Å². The summed E-state index contributed by atoms with van der Waals surface area (Å²) in [7, 11) is 0. The monoisotopic (exact) mass is 445 g/mol. The lowest BCUT2D eigenvalue weighted by Gasteiger charge is -2.35. The van der Waals surface area contributed by atoms with Crippen LogP contribution in [0.5, 0.6) is 0 Å². The second kappa shape index (κ2) is 8.61. The Morgan fingerprint density at radius 2 is 1.26 bits per heavy atom. The molecule has 2 nitrogen and oxygen atoms in total. The summed E-state index contributed by atoms with van der Waals surface area (Å²) in [4.78, 5) is 2.34. The summed E-state index contributed by atoms with van der Waals surface area (Å²) >= 11 is 0. The average molecular weight is 446 g/mol. The molecule has 0 amide bonds. The molecule has 2 heteroatoms. The van der Waals surface area contributed by atoms with E-state index in [1.54, 1.807) is 0 Å². The molecule has 0 saturated carbocycles. The topological polar surface area (TPSA) is 7.12 Å². The van der Waals surface area contributed by atoms with E-state index in [4.69, 9.17) is 0 Å². The molecule has 0 aliphatic carbocycles. The smallest absolute Gasteiger partial charge is 0.213 e. The molecule has 170 valence electrons. The predicted octanol–water partition coefficient (Wildman–Crippen LogP) is 8.27. The molecule has 0 radical (unpaired) electrons.